The van der Waals surface area contributed by atoms with E-state index in [0.29, 0.717) is 0 Å². The zero-order chi connectivity index (χ0) is 6.69. The van der Waals surface area contributed by atoms with Gasteiger partial charge in [-0.15, -0.1) is 0 Å². The lowest BCUT2D eigenvalue weighted by molar-refractivity contribution is 1.71. The summed E-state index contributed by atoms with van der Waals surface area (Å²) in [5.41, 5.74) is 0. The minimum Gasteiger partial charge on any atom is -0.0682 e. The molecule has 0 fully saturated rings. The first kappa shape index (κ1) is 6.56. The first-order valence-electron chi connectivity index (χ1n) is 3.18. The van der Waals surface area contributed by atoms with E-state index in [1.54, 1.807) is 0 Å². The fourth-order valence-electron chi connectivity index (χ4n) is 0.718. The normalized spacial score (nSPS) is 10.1. The average Bonchev–Trinajstić information content (AvgIpc) is 1.90. The van der Waals surface area contributed by atoms with Crippen molar-refractivity contribution in [3.8, 4) is 0 Å². The molecule has 0 aliphatic rings. The molecule has 0 heterocycles. The van der Waals surface area contributed by atoms with Crippen molar-refractivity contribution in [2.24, 2.45) is 0 Å². The predicted molar refractivity (Wildman–Crippen MR) is 42.6 cm³/mol. The van der Waals surface area contributed by atoms with Crippen LogP contribution in [-0.2, 0) is 0 Å². The van der Waals surface area contributed by atoms with Crippen molar-refractivity contribution in [1.82, 2.24) is 0 Å². The fourth-order valence-corrected chi connectivity index (χ4v) is 1.62. The first-order valence-corrected chi connectivity index (χ1v) is 6.07. The van der Waals surface area contributed by atoms with Gasteiger partial charge in [0.05, 0.1) is 8.80 Å². The van der Waals surface area contributed by atoms with Gasteiger partial charge in [0.25, 0.3) is 0 Å². The molecule has 0 aliphatic heterocycles. The lowest BCUT2D eigenvalue weighted by Crippen LogP contribution is -2.21. The maximum absolute atomic E-state index is 2.95. The van der Waals surface area contributed by atoms with Crippen LogP contribution in [0.3, 0.4) is 0 Å². The van der Waals surface area contributed by atoms with Crippen LogP contribution in [0.1, 0.15) is 0 Å². The van der Waals surface area contributed by atoms with Gasteiger partial charge in [-0.05, 0) is 12.1 Å². The SMILES string of the molecule is C[SiH](C)c1c[c][c]cc1. The van der Waals surface area contributed by atoms with E-state index in [9.17, 15) is 0 Å². The van der Waals surface area contributed by atoms with Crippen LogP contribution in [0.15, 0.2) is 18.2 Å². The minimum atomic E-state index is -0.580. The molecular formula is C8H10Si. The summed E-state index contributed by atoms with van der Waals surface area (Å²) in [6, 6.07) is 11.9. The zero-order valence-electron chi connectivity index (χ0n) is 5.81. The summed E-state index contributed by atoms with van der Waals surface area (Å²) in [5.74, 6) is 0. The van der Waals surface area contributed by atoms with Gasteiger partial charge >= 0.3 is 0 Å². The molecule has 1 rings (SSSR count). The molecule has 0 bridgehead atoms. The van der Waals surface area contributed by atoms with Crippen molar-refractivity contribution in [3.05, 3.63) is 30.3 Å². The molecule has 1 aromatic carbocycles. The Morgan fingerprint density at radius 1 is 1.33 bits per heavy atom. The summed E-state index contributed by atoms with van der Waals surface area (Å²) >= 11 is 0. The van der Waals surface area contributed by atoms with Gasteiger partial charge in [0, 0.05) is 0 Å². The van der Waals surface area contributed by atoms with Crippen molar-refractivity contribution < 1.29 is 0 Å². The molecule has 0 nitrogen and oxygen atoms in total. The predicted octanol–water partition coefficient (Wildman–Crippen LogP) is 0.981. The van der Waals surface area contributed by atoms with Gasteiger partial charge in [-0.3, -0.25) is 0 Å². The second kappa shape index (κ2) is 2.83. The first-order chi connectivity index (χ1) is 4.30. The number of rotatable bonds is 1. The largest absolute Gasteiger partial charge is 0.0682 e. The third-order valence-electron chi connectivity index (χ3n) is 1.35. The highest BCUT2D eigenvalue weighted by Gasteiger charge is 1.95. The smallest absolute Gasteiger partial charge is 0.0647 e. The van der Waals surface area contributed by atoms with E-state index in [1.807, 2.05) is 12.1 Å². The minimum absolute atomic E-state index is 0.580. The molecule has 9 heavy (non-hydrogen) atoms. The van der Waals surface area contributed by atoms with Gasteiger partial charge in [-0.2, -0.15) is 0 Å². The monoisotopic (exact) mass is 134 g/mol. The van der Waals surface area contributed by atoms with Crippen LogP contribution in [-0.4, -0.2) is 8.80 Å². The maximum Gasteiger partial charge on any atom is 0.0647 e. The van der Waals surface area contributed by atoms with Crippen LogP contribution in [0.5, 0.6) is 0 Å². The molecule has 0 atom stereocenters. The molecule has 1 aromatic rings. The summed E-state index contributed by atoms with van der Waals surface area (Å²) in [6.07, 6.45) is 0. The summed E-state index contributed by atoms with van der Waals surface area (Å²) in [7, 11) is -0.580. The Morgan fingerprint density at radius 3 is 2.44 bits per heavy atom. The van der Waals surface area contributed by atoms with Gasteiger partial charge < -0.3 is 0 Å². The lowest BCUT2D eigenvalue weighted by Gasteiger charge is -1.99. The van der Waals surface area contributed by atoms with Crippen LogP contribution < -0.4 is 5.19 Å². The molecular weight excluding hydrogens is 124 g/mol. The van der Waals surface area contributed by atoms with Crippen LogP contribution in [0.4, 0.5) is 0 Å². The second-order valence-corrected chi connectivity index (χ2v) is 5.40. The van der Waals surface area contributed by atoms with Gasteiger partial charge in [-0.1, -0.05) is 36.5 Å². The van der Waals surface area contributed by atoms with Crippen molar-refractivity contribution in [2.45, 2.75) is 13.1 Å². The van der Waals surface area contributed by atoms with E-state index in [2.05, 4.69) is 31.3 Å². The van der Waals surface area contributed by atoms with Crippen molar-refractivity contribution in [1.29, 1.82) is 0 Å². The summed E-state index contributed by atoms with van der Waals surface area (Å²) < 4.78 is 0. The third kappa shape index (κ3) is 1.68. The number of benzene rings is 1. The van der Waals surface area contributed by atoms with E-state index < -0.39 is 8.80 Å². The number of hydrogen-bond acceptors (Lipinski definition) is 0. The van der Waals surface area contributed by atoms with Crippen molar-refractivity contribution in [3.63, 3.8) is 0 Å². The molecule has 2 radical (unpaired) electrons. The van der Waals surface area contributed by atoms with Crippen LogP contribution in [0.2, 0.25) is 13.1 Å². The van der Waals surface area contributed by atoms with Gasteiger partial charge in [0.15, 0.2) is 0 Å². The molecule has 0 spiro atoms. The Morgan fingerprint density at radius 2 is 2.11 bits per heavy atom. The van der Waals surface area contributed by atoms with Crippen LogP contribution >= 0.6 is 0 Å². The van der Waals surface area contributed by atoms with Gasteiger partial charge in [-0.25, -0.2) is 0 Å². The van der Waals surface area contributed by atoms with E-state index in [4.69, 9.17) is 0 Å². The highest BCUT2D eigenvalue weighted by molar-refractivity contribution is 6.70. The molecule has 0 saturated carbocycles. The zero-order valence-corrected chi connectivity index (χ0v) is 6.96. The Hall–Kier alpha value is -0.563. The highest BCUT2D eigenvalue weighted by Crippen LogP contribution is 1.84. The molecule has 0 aliphatic carbocycles. The van der Waals surface area contributed by atoms with Crippen LogP contribution in [0, 0.1) is 12.1 Å². The van der Waals surface area contributed by atoms with E-state index in [-0.39, 0.29) is 0 Å². The summed E-state index contributed by atoms with van der Waals surface area (Å²) in [5, 5.41) is 1.47. The molecule has 46 valence electrons. The van der Waals surface area contributed by atoms with Gasteiger partial charge in [0.1, 0.15) is 0 Å². The van der Waals surface area contributed by atoms with Crippen molar-refractivity contribution >= 4 is 14.0 Å². The van der Waals surface area contributed by atoms with Gasteiger partial charge in [0.2, 0.25) is 0 Å². The lowest BCUT2D eigenvalue weighted by atomic mass is 10.4. The van der Waals surface area contributed by atoms with Crippen LogP contribution in [0.25, 0.3) is 0 Å². The Balaban J connectivity index is 2.85. The quantitative estimate of drug-likeness (QED) is 0.502. The topological polar surface area (TPSA) is 0 Å². The third-order valence-corrected chi connectivity index (χ3v) is 3.04. The van der Waals surface area contributed by atoms with Crippen molar-refractivity contribution in [2.75, 3.05) is 0 Å². The molecule has 0 saturated heterocycles. The molecule has 0 amide bonds. The Labute approximate surface area is 58.1 Å². The average molecular weight is 134 g/mol. The second-order valence-electron chi connectivity index (χ2n) is 2.42. The Bertz CT molecular complexity index is 167. The molecule has 1 heteroatoms. The molecule has 0 unspecified atom stereocenters. The fraction of sp³-hybridized carbons (Fsp3) is 0.250. The highest BCUT2D eigenvalue weighted by atomic mass is 28.3. The Kier molecular flexibility index (Phi) is 2.06. The molecule has 0 N–H and O–H groups in total. The van der Waals surface area contributed by atoms with E-state index in [1.165, 1.54) is 5.19 Å². The number of hydrogen-bond donors (Lipinski definition) is 0. The van der Waals surface area contributed by atoms with E-state index in [0.717, 1.165) is 0 Å². The summed E-state index contributed by atoms with van der Waals surface area (Å²) in [6.45, 7) is 4.62. The standard InChI is InChI=1S/C8H10Si/c1-9(2)8-6-4-3-5-7-8/h4,6-7,9H,1-2H3. The maximum atomic E-state index is 2.95. The molecule has 0 aromatic heterocycles. The summed E-state index contributed by atoms with van der Waals surface area (Å²) in [4.78, 5) is 0. The van der Waals surface area contributed by atoms with E-state index >= 15 is 0 Å².